The lowest BCUT2D eigenvalue weighted by Gasteiger charge is -2.22. The number of benzene rings is 2. The molecule has 1 amide bonds. The summed E-state index contributed by atoms with van der Waals surface area (Å²) in [6.07, 6.45) is 0. The van der Waals surface area contributed by atoms with Crippen molar-refractivity contribution in [2.45, 2.75) is 6.92 Å². The molecule has 0 saturated heterocycles. The Bertz CT molecular complexity index is 903. The Kier molecular flexibility index (Phi) is 4.18. The number of ketones is 2. The predicted octanol–water partition coefficient (Wildman–Crippen LogP) is 3.18. The number of carbonyl (C=O) groups is 3. The minimum Gasteiger partial charge on any atom is -0.350 e. The molecule has 0 fully saturated rings. The van der Waals surface area contributed by atoms with Gasteiger partial charge in [0.05, 0.1) is 0 Å². The highest BCUT2D eigenvalue weighted by molar-refractivity contribution is 6.31. The number of halogens is 1. The summed E-state index contributed by atoms with van der Waals surface area (Å²) in [7, 11) is 0. The van der Waals surface area contributed by atoms with Gasteiger partial charge in [0.2, 0.25) is 17.5 Å². The van der Waals surface area contributed by atoms with E-state index in [9.17, 15) is 14.4 Å². The molecule has 0 unspecified atom stereocenters. The first kappa shape index (κ1) is 16.0. The quantitative estimate of drug-likeness (QED) is 0.899. The number of nitrogens with one attached hydrogen (secondary N) is 2. The van der Waals surface area contributed by atoms with Gasteiger partial charge in [-0.1, -0.05) is 41.9 Å². The topological polar surface area (TPSA) is 75.3 Å². The van der Waals surface area contributed by atoms with Gasteiger partial charge in [-0.15, -0.1) is 0 Å². The van der Waals surface area contributed by atoms with Crippen LogP contribution >= 0.6 is 11.6 Å². The van der Waals surface area contributed by atoms with E-state index < -0.39 is 11.7 Å². The maximum absolute atomic E-state index is 12.8. The Morgan fingerprint density at radius 1 is 0.917 bits per heavy atom. The van der Waals surface area contributed by atoms with Crippen LogP contribution in [0.2, 0.25) is 5.02 Å². The maximum Gasteiger partial charge on any atom is 0.221 e. The van der Waals surface area contributed by atoms with Crippen LogP contribution in [0, 0.1) is 0 Å². The lowest BCUT2D eigenvalue weighted by atomic mass is 9.90. The molecule has 5 nitrogen and oxygen atoms in total. The average molecular weight is 341 g/mol. The number of fused-ring (bicyclic) bond motifs is 1. The lowest BCUT2D eigenvalue weighted by Crippen LogP contribution is -2.35. The first-order chi connectivity index (χ1) is 11.5. The Balaban J connectivity index is 2.11. The zero-order valence-electron chi connectivity index (χ0n) is 12.7. The molecule has 0 aliphatic heterocycles. The summed E-state index contributed by atoms with van der Waals surface area (Å²) in [4.78, 5) is 36.9. The number of hydrogen-bond acceptors (Lipinski definition) is 4. The second-order valence-electron chi connectivity index (χ2n) is 5.27. The molecular formula is C18H13ClN2O3. The molecule has 6 heteroatoms. The minimum absolute atomic E-state index is 0.0242. The first-order valence-corrected chi connectivity index (χ1v) is 7.58. The highest BCUT2D eigenvalue weighted by Gasteiger charge is 2.32. The maximum atomic E-state index is 12.8. The van der Waals surface area contributed by atoms with Crippen molar-refractivity contribution >= 4 is 34.8 Å². The van der Waals surface area contributed by atoms with Gasteiger partial charge in [0.25, 0.3) is 0 Å². The molecule has 0 saturated carbocycles. The van der Waals surface area contributed by atoms with Crippen LogP contribution in [0.1, 0.15) is 27.6 Å². The fraction of sp³-hybridized carbons (Fsp3) is 0.0556. The van der Waals surface area contributed by atoms with Crippen molar-refractivity contribution in [3.8, 4) is 0 Å². The molecule has 2 aromatic rings. The highest BCUT2D eigenvalue weighted by atomic mass is 35.5. The molecule has 2 N–H and O–H groups in total. The van der Waals surface area contributed by atoms with Crippen LogP contribution in [-0.4, -0.2) is 17.5 Å². The summed E-state index contributed by atoms with van der Waals surface area (Å²) < 4.78 is 0. The number of carbonyl (C=O) groups excluding carboxylic acids is 3. The van der Waals surface area contributed by atoms with Crippen LogP contribution < -0.4 is 10.6 Å². The Hall–Kier alpha value is -2.92. The largest absolute Gasteiger partial charge is 0.350 e. The fourth-order valence-corrected chi connectivity index (χ4v) is 2.69. The molecule has 120 valence electrons. The molecule has 0 radical (unpaired) electrons. The van der Waals surface area contributed by atoms with Gasteiger partial charge in [0.1, 0.15) is 11.4 Å². The zero-order chi connectivity index (χ0) is 17.3. The van der Waals surface area contributed by atoms with E-state index in [2.05, 4.69) is 10.6 Å². The minimum atomic E-state index is -0.434. The van der Waals surface area contributed by atoms with E-state index in [4.69, 9.17) is 11.6 Å². The number of amides is 1. The van der Waals surface area contributed by atoms with Crippen molar-refractivity contribution in [1.82, 2.24) is 5.32 Å². The molecule has 0 heterocycles. The van der Waals surface area contributed by atoms with Gasteiger partial charge in [-0.3, -0.25) is 14.4 Å². The molecular weight excluding hydrogens is 328 g/mol. The second kappa shape index (κ2) is 6.29. The van der Waals surface area contributed by atoms with Gasteiger partial charge in [0, 0.05) is 28.8 Å². The van der Waals surface area contributed by atoms with Crippen LogP contribution in [-0.2, 0) is 4.79 Å². The van der Waals surface area contributed by atoms with E-state index in [0.29, 0.717) is 16.3 Å². The van der Waals surface area contributed by atoms with Crippen LogP contribution in [0.15, 0.2) is 59.9 Å². The Labute approximate surface area is 143 Å². The van der Waals surface area contributed by atoms with Crippen LogP contribution in [0.25, 0.3) is 0 Å². The molecule has 0 spiro atoms. The summed E-state index contributed by atoms with van der Waals surface area (Å²) in [5.74, 6) is -1.21. The monoisotopic (exact) mass is 340 g/mol. The van der Waals surface area contributed by atoms with Crippen molar-refractivity contribution in [3.05, 3.63) is 76.1 Å². The van der Waals surface area contributed by atoms with E-state index in [0.717, 1.165) is 0 Å². The number of anilines is 1. The van der Waals surface area contributed by atoms with Crippen molar-refractivity contribution in [3.63, 3.8) is 0 Å². The molecule has 1 aliphatic rings. The molecule has 1 aliphatic carbocycles. The van der Waals surface area contributed by atoms with Gasteiger partial charge >= 0.3 is 0 Å². The highest BCUT2D eigenvalue weighted by Crippen LogP contribution is 2.27. The van der Waals surface area contributed by atoms with Crippen LogP contribution in [0.3, 0.4) is 0 Å². The first-order valence-electron chi connectivity index (χ1n) is 7.20. The van der Waals surface area contributed by atoms with Crippen LogP contribution in [0.4, 0.5) is 5.69 Å². The van der Waals surface area contributed by atoms with E-state index in [1.54, 1.807) is 48.5 Å². The molecule has 0 atom stereocenters. The van der Waals surface area contributed by atoms with Crippen molar-refractivity contribution < 1.29 is 14.4 Å². The normalized spacial score (nSPS) is 13.6. The second-order valence-corrected chi connectivity index (χ2v) is 5.71. The summed E-state index contributed by atoms with van der Waals surface area (Å²) >= 11 is 5.95. The van der Waals surface area contributed by atoms with E-state index in [1.807, 2.05) is 0 Å². The molecule has 24 heavy (non-hydrogen) atoms. The van der Waals surface area contributed by atoms with E-state index >= 15 is 0 Å². The summed E-state index contributed by atoms with van der Waals surface area (Å²) in [5.41, 5.74) is 1.06. The summed E-state index contributed by atoms with van der Waals surface area (Å²) in [6.45, 7) is 1.28. The molecule has 2 aromatic carbocycles. The van der Waals surface area contributed by atoms with Gasteiger partial charge in [0.15, 0.2) is 0 Å². The predicted molar refractivity (Wildman–Crippen MR) is 91.0 cm³/mol. The average Bonchev–Trinajstić information content (AvgIpc) is 2.55. The smallest absolute Gasteiger partial charge is 0.221 e. The van der Waals surface area contributed by atoms with Crippen LogP contribution in [0.5, 0.6) is 0 Å². The summed E-state index contributed by atoms with van der Waals surface area (Å²) in [6, 6.07) is 13.2. The summed E-state index contributed by atoms with van der Waals surface area (Å²) in [5, 5.41) is 5.85. The lowest BCUT2D eigenvalue weighted by molar-refractivity contribution is -0.118. The molecule has 0 aromatic heterocycles. The number of hydrogen-bond donors (Lipinski definition) is 2. The van der Waals surface area contributed by atoms with E-state index in [1.165, 1.54) is 6.92 Å². The van der Waals surface area contributed by atoms with Gasteiger partial charge in [-0.25, -0.2) is 0 Å². The van der Waals surface area contributed by atoms with Crippen molar-refractivity contribution in [1.29, 1.82) is 0 Å². The number of allylic oxidation sites excluding steroid dienone is 2. The van der Waals surface area contributed by atoms with Crippen molar-refractivity contribution in [2.75, 3.05) is 5.32 Å². The van der Waals surface area contributed by atoms with Gasteiger partial charge in [-0.2, -0.15) is 0 Å². The SMILES string of the molecule is CC(=O)NC1=C(Nc2cccc(Cl)c2)C(=O)c2ccccc2C1=O. The molecule has 0 bridgehead atoms. The fourth-order valence-electron chi connectivity index (χ4n) is 2.50. The third-order valence-electron chi connectivity index (χ3n) is 3.52. The molecule has 3 rings (SSSR count). The third kappa shape index (κ3) is 2.94. The van der Waals surface area contributed by atoms with Gasteiger partial charge in [-0.05, 0) is 18.2 Å². The standard InChI is InChI=1S/C18H13ClN2O3/c1-10(22)20-15-16(21-12-6-4-5-11(19)9-12)18(24)14-8-3-2-7-13(14)17(15)23/h2-9,21H,1H3,(H,20,22). The third-order valence-corrected chi connectivity index (χ3v) is 3.75. The Morgan fingerprint density at radius 2 is 1.54 bits per heavy atom. The zero-order valence-corrected chi connectivity index (χ0v) is 13.5. The number of rotatable bonds is 3. The Morgan fingerprint density at radius 3 is 2.12 bits per heavy atom. The van der Waals surface area contributed by atoms with Crippen molar-refractivity contribution in [2.24, 2.45) is 0 Å². The van der Waals surface area contributed by atoms with E-state index in [-0.39, 0.29) is 22.7 Å². The van der Waals surface area contributed by atoms with Gasteiger partial charge < -0.3 is 10.6 Å². The number of Topliss-reactive ketones (excluding diaryl/α,β-unsaturated/α-hetero) is 2.